The van der Waals surface area contributed by atoms with Crippen molar-refractivity contribution in [3.63, 3.8) is 0 Å². The number of aryl methyl sites for hydroxylation is 1. The van der Waals surface area contributed by atoms with Gasteiger partial charge < -0.3 is 10.1 Å². The molecular formula is C22H20ClF3N6O2. The van der Waals surface area contributed by atoms with Crippen LogP contribution in [0.4, 0.5) is 29.7 Å². The molecule has 2 aromatic heterocycles. The number of carbonyl (C=O) groups is 1. The minimum Gasteiger partial charge on any atom is -0.447 e. The zero-order valence-corrected chi connectivity index (χ0v) is 19.1. The van der Waals surface area contributed by atoms with Gasteiger partial charge in [-0.25, -0.2) is 37.8 Å². The van der Waals surface area contributed by atoms with Crippen LogP contribution in [0.15, 0.2) is 30.6 Å². The number of nitrogens with zero attached hydrogens (tertiary/aromatic N) is 5. The maximum Gasteiger partial charge on any atom is 0.416 e. The van der Waals surface area contributed by atoms with Crippen molar-refractivity contribution >= 4 is 29.5 Å². The summed E-state index contributed by atoms with van der Waals surface area (Å²) in [6.45, 7) is 4.53. The van der Waals surface area contributed by atoms with E-state index in [9.17, 15) is 18.0 Å². The molecule has 178 valence electrons. The molecule has 0 saturated carbocycles. The molecule has 0 radical (unpaired) electrons. The normalized spacial score (nSPS) is 17.4. The van der Waals surface area contributed by atoms with Crippen LogP contribution < -0.4 is 10.2 Å². The molecule has 8 nitrogen and oxygen atoms in total. The molecule has 3 atom stereocenters. The van der Waals surface area contributed by atoms with Gasteiger partial charge in [0.15, 0.2) is 17.5 Å². The highest BCUT2D eigenvalue weighted by Crippen LogP contribution is 2.29. The number of alkyl halides is 1. The molecule has 0 spiro atoms. The number of hydrogen-bond acceptors (Lipinski definition) is 7. The average molecular weight is 493 g/mol. The fourth-order valence-corrected chi connectivity index (χ4v) is 3.63. The number of nitrogens with one attached hydrogen (secondary N) is 1. The van der Waals surface area contributed by atoms with E-state index in [0.717, 1.165) is 11.1 Å². The predicted octanol–water partition coefficient (Wildman–Crippen LogP) is 5.03. The van der Waals surface area contributed by atoms with Gasteiger partial charge in [0.05, 0.1) is 17.3 Å². The van der Waals surface area contributed by atoms with Gasteiger partial charge in [-0.2, -0.15) is 4.98 Å². The second kappa shape index (κ2) is 9.41. The smallest absolute Gasteiger partial charge is 0.416 e. The quantitative estimate of drug-likeness (QED) is 0.516. The molecular weight excluding hydrogens is 473 g/mol. The molecule has 1 saturated heterocycles. The van der Waals surface area contributed by atoms with E-state index in [-0.39, 0.29) is 23.4 Å². The first-order valence-corrected chi connectivity index (χ1v) is 10.7. The Hall–Kier alpha value is -3.47. The third-order valence-electron chi connectivity index (χ3n) is 5.35. The third-order valence-corrected chi connectivity index (χ3v) is 5.66. The van der Waals surface area contributed by atoms with Crippen molar-refractivity contribution < 1.29 is 22.7 Å². The molecule has 3 aromatic rings. The van der Waals surface area contributed by atoms with Crippen LogP contribution in [0.5, 0.6) is 0 Å². The van der Waals surface area contributed by atoms with Crippen LogP contribution >= 0.6 is 11.6 Å². The molecule has 1 amide bonds. The lowest BCUT2D eigenvalue weighted by molar-refractivity contribution is 0.174. The molecule has 1 aliphatic heterocycles. The minimum atomic E-state index is -1.46. The van der Waals surface area contributed by atoms with Crippen LogP contribution in [-0.2, 0) is 4.74 Å². The Morgan fingerprint density at radius 3 is 2.62 bits per heavy atom. The second-order valence-electron chi connectivity index (χ2n) is 7.78. The van der Waals surface area contributed by atoms with Crippen LogP contribution in [0.1, 0.15) is 31.4 Å². The summed E-state index contributed by atoms with van der Waals surface area (Å²) in [6, 6.07) is 2.91. The maximum absolute atomic E-state index is 14.4. The van der Waals surface area contributed by atoms with Crippen LogP contribution in [0, 0.1) is 18.6 Å². The molecule has 4 rings (SSSR count). The van der Waals surface area contributed by atoms with Crippen LogP contribution in [0.3, 0.4) is 0 Å². The van der Waals surface area contributed by atoms with Gasteiger partial charge in [0.25, 0.3) is 0 Å². The number of rotatable bonds is 6. The molecule has 1 aliphatic rings. The highest BCUT2D eigenvalue weighted by molar-refractivity contribution is 6.30. The number of aromatic nitrogens is 4. The number of ether oxygens (including phenoxy) is 1. The standard InChI is InChI=1S/C22H20ClF3N6O2/c1-10(24)18-9-34-22(33)32(18)20-17(26)8-28-21(31-20)30-12(3)19-27-7-14(11(2)29-19)13-4-5-15(23)16(25)6-13/h4-8,10,12,18H,9H2,1-3H3,(H,28,30,31)/t10-,12-,18?/m0/s1. The minimum absolute atomic E-state index is 0.0148. The van der Waals surface area contributed by atoms with E-state index in [0.29, 0.717) is 22.6 Å². The van der Waals surface area contributed by atoms with Crippen molar-refractivity contribution in [2.75, 3.05) is 16.8 Å². The van der Waals surface area contributed by atoms with Gasteiger partial charge in [-0.1, -0.05) is 17.7 Å². The largest absolute Gasteiger partial charge is 0.447 e. The summed E-state index contributed by atoms with van der Waals surface area (Å²) >= 11 is 5.75. The predicted molar refractivity (Wildman–Crippen MR) is 119 cm³/mol. The molecule has 1 N–H and O–H groups in total. The van der Waals surface area contributed by atoms with E-state index in [2.05, 4.69) is 25.3 Å². The molecule has 34 heavy (non-hydrogen) atoms. The van der Waals surface area contributed by atoms with Crippen molar-refractivity contribution in [2.24, 2.45) is 0 Å². The van der Waals surface area contributed by atoms with Crippen molar-refractivity contribution in [3.8, 4) is 11.1 Å². The van der Waals surface area contributed by atoms with Crippen LogP contribution in [0.2, 0.25) is 5.02 Å². The van der Waals surface area contributed by atoms with E-state index < -0.39 is 36.0 Å². The molecule has 0 aliphatic carbocycles. The monoisotopic (exact) mass is 492 g/mol. The lowest BCUT2D eigenvalue weighted by atomic mass is 10.1. The molecule has 0 bridgehead atoms. The first-order valence-electron chi connectivity index (χ1n) is 10.3. The van der Waals surface area contributed by atoms with E-state index >= 15 is 0 Å². The Balaban J connectivity index is 1.57. The topological polar surface area (TPSA) is 93.1 Å². The zero-order valence-electron chi connectivity index (χ0n) is 18.4. The average Bonchev–Trinajstić information content (AvgIpc) is 3.18. The highest BCUT2D eigenvalue weighted by atomic mass is 35.5. The molecule has 12 heteroatoms. The summed E-state index contributed by atoms with van der Waals surface area (Å²) in [5.74, 6) is -1.47. The zero-order chi connectivity index (χ0) is 24.6. The van der Waals surface area contributed by atoms with Crippen LogP contribution in [0.25, 0.3) is 11.1 Å². The van der Waals surface area contributed by atoms with Gasteiger partial charge >= 0.3 is 6.09 Å². The number of anilines is 2. The Labute approximate surface area is 198 Å². The summed E-state index contributed by atoms with van der Waals surface area (Å²) in [5, 5.41) is 2.97. The van der Waals surface area contributed by atoms with Gasteiger partial charge in [-0.3, -0.25) is 0 Å². The van der Waals surface area contributed by atoms with Gasteiger partial charge in [-0.15, -0.1) is 0 Å². The van der Waals surface area contributed by atoms with Crippen molar-refractivity contribution in [3.05, 3.63) is 58.8 Å². The second-order valence-corrected chi connectivity index (χ2v) is 8.19. The highest BCUT2D eigenvalue weighted by Gasteiger charge is 2.40. The Morgan fingerprint density at radius 1 is 1.18 bits per heavy atom. The van der Waals surface area contributed by atoms with E-state index in [4.69, 9.17) is 16.3 Å². The van der Waals surface area contributed by atoms with E-state index in [1.54, 1.807) is 26.1 Å². The van der Waals surface area contributed by atoms with Gasteiger partial charge in [-0.05, 0) is 38.5 Å². The number of halogens is 4. The van der Waals surface area contributed by atoms with Gasteiger partial charge in [0, 0.05) is 17.5 Å². The fraction of sp³-hybridized carbons (Fsp3) is 0.318. The third kappa shape index (κ3) is 4.60. The summed E-state index contributed by atoms with van der Waals surface area (Å²) in [6.07, 6.45) is 0.0929. The van der Waals surface area contributed by atoms with Crippen molar-refractivity contribution in [2.45, 2.75) is 39.0 Å². The van der Waals surface area contributed by atoms with E-state index in [1.165, 1.54) is 19.1 Å². The summed E-state index contributed by atoms with van der Waals surface area (Å²) in [5.41, 5.74) is 1.80. The summed E-state index contributed by atoms with van der Waals surface area (Å²) < 4.78 is 47.0. The Bertz CT molecular complexity index is 1250. The van der Waals surface area contributed by atoms with Crippen LogP contribution in [-0.4, -0.2) is 44.8 Å². The number of amides is 1. The van der Waals surface area contributed by atoms with Crippen molar-refractivity contribution in [1.29, 1.82) is 0 Å². The Morgan fingerprint density at radius 2 is 1.94 bits per heavy atom. The number of carbonyl (C=O) groups excluding carboxylic acids is 1. The molecule has 3 heterocycles. The summed E-state index contributed by atoms with van der Waals surface area (Å²) in [7, 11) is 0. The maximum atomic E-state index is 14.4. The Kier molecular flexibility index (Phi) is 6.56. The van der Waals surface area contributed by atoms with Gasteiger partial charge in [0.2, 0.25) is 5.95 Å². The fourth-order valence-electron chi connectivity index (χ4n) is 3.51. The number of cyclic esters (lactones) is 1. The number of benzene rings is 1. The van der Waals surface area contributed by atoms with Crippen molar-refractivity contribution in [1.82, 2.24) is 19.9 Å². The lowest BCUT2D eigenvalue weighted by Crippen LogP contribution is -2.40. The number of hydrogen-bond donors (Lipinski definition) is 1. The lowest BCUT2D eigenvalue weighted by Gasteiger charge is -2.22. The molecule has 1 aromatic carbocycles. The first kappa shape index (κ1) is 23.7. The molecule has 1 unspecified atom stereocenters. The SMILES string of the molecule is Cc1nc([C@H](C)Nc2ncc(F)c(N3C(=O)OCC3[C@H](C)F)n2)ncc1-c1ccc(Cl)c(F)c1. The van der Waals surface area contributed by atoms with Gasteiger partial charge in [0.1, 0.15) is 24.6 Å². The van der Waals surface area contributed by atoms with E-state index in [1.807, 2.05) is 0 Å². The first-order chi connectivity index (χ1) is 16.2. The summed E-state index contributed by atoms with van der Waals surface area (Å²) in [4.78, 5) is 29.7. The molecule has 1 fully saturated rings.